The summed E-state index contributed by atoms with van der Waals surface area (Å²) >= 11 is 3.56. The highest BCUT2D eigenvalue weighted by atomic mass is 79.9. The average molecular weight is 313 g/mol. The molecule has 2 heterocycles. The van der Waals surface area contributed by atoms with Gasteiger partial charge in [0.25, 0.3) is 0 Å². The van der Waals surface area contributed by atoms with Gasteiger partial charge >= 0.3 is 0 Å². The van der Waals surface area contributed by atoms with Gasteiger partial charge in [-0.15, -0.1) is 0 Å². The first kappa shape index (κ1) is 12.9. The Hall–Kier alpha value is -0.150. The normalized spacial score (nSPS) is 54.2. The predicted molar refractivity (Wildman–Crippen MR) is 74.8 cm³/mol. The lowest BCUT2D eigenvalue weighted by atomic mass is 9.66. The second-order valence-electron chi connectivity index (χ2n) is 6.86. The van der Waals surface area contributed by atoms with E-state index in [2.05, 4.69) is 48.9 Å². The van der Waals surface area contributed by atoms with Gasteiger partial charge in [-0.05, 0) is 38.5 Å². The lowest BCUT2D eigenvalue weighted by molar-refractivity contribution is -0.191. The lowest BCUT2D eigenvalue weighted by Gasteiger charge is -2.51. The summed E-state index contributed by atoms with van der Waals surface area (Å²) in [6.07, 6.45) is 6.33. The van der Waals surface area contributed by atoms with E-state index in [1.807, 2.05) is 6.92 Å². The molecule has 0 radical (unpaired) electrons. The van der Waals surface area contributed by atoms with E-state index in [0.717, 1.165) is 12.8 Å². The molecule has 18 heavy (non-hydrogen) atoms. The highest BCUT2D eigenvalue weighted by molar-refractivity contribution is 9.10. The van der Waals surface area contributed by atoms with Crippen molar-refractivity contribution >= 4 is 21.7 Å². The van der Waals surface area contributed by atoms with E-state index in [-0.39, 0.29) is 15.8 Å². The van der Waals surface area contributed by atoms with Crippen molar-refractivity contribution in [2.45, 2.75) is 56.6 Å². The average Bonchev–Trinajstić information content (AvgIpc) is 2.78. The summed E-state index contributed by atoms with van der Waals surface area (Å²) in [6.45, 7) is 8.59. The number of halogens is 1. The van der Waals surface area contributed by atoms with Crippen LogP contribution in [0.4, 0.5) is 0 Å². The monoisotopic (exact) mass is 312 g/mol. The quantitative estimate of drug-likeness (QED) is 0.547. The molecular formula is C15H21BrO2. The van der Waals surface area contributed by atoms with Gasteiger partial charge in [-0.3, -0.25) is 4.79 Å². The van der Waals surface area contributed by atoms with Gasteiger partial charge in [0.1, 0.15) is 16.0 Å². The Morgan fingerprint density at radius 2 is 2.06 bits per heavy atom. The Balaban J connectivity index is 2.15. The fraction of sp³-hybridized carbons (Fsp3) is 0.800. The molecule has 0 amide bonds. The van der Waals surface area contributed by atoms with Crippen LogP contribution >= 0.6 is 15.9 Å². The molecule has 0 aromatic carbocycles. The molecule has 3 aliphatic rings. The molecule has 1 spiro atoms. The first-order chi connectivity index (χ1) is 8.27. The minimum absolute atomic E-state index is 0.215. The Morgan fingerprint density at radius 3 is 2.67 bits per heavy atom. The van der Waals surface area contributed by atoms with Crippen LogP contribution in [-0.4, -0.2) is 21.8 Å². The minimum atomic E-state index is -0.464. The van der Waals surface area contributed by atoms with Crippen molar-refractivity contribution in [3.8, 4) is 0 Å². The van der Waals surface area contributed by atoms with Crippen LogP contribution < -0.4 is 0 Å². The summed E-state index contributed by atoms with van der Waals surface area (Å²) in [7, 11) is 0. The van der Waals surface area contributed by atoms with E-state index in [9.17, 15) is 4.79 Å². The number of ether oxygens (including phenoxy) is 1. The predicted octanol–water partition coefficient (Wildman–Crippen LogP) is 3.49. The fourth-order valence-electron chi connectivity index (χ4n) is 4.30. The maximum Gasteiger partial charge on any atom is 0.158 e. The number of carbonyl (C=O) groups is 1. The number of rotatable bonds is 1. The van der Waals surface area contributed by atoms with Crippen molar-refractivity contribution in [1.29, 1.82) is 0 Å². The van der Waals surface area contributed by atoms with Crippen LogP contribution in [0.3, 0.4) is 0 Å². The van der Waals surface area contributed by atoms with Gasteiger partial charge in [0.05, 0.1) is 5.41 Å². The summed E-state index contributed by atoms with van der Waals surface area (Å²) in [5, 5.41) is 0. The number of hydrogen-bond donors (Lipinski definition) is 0. The first-order valence-corrected chi connectivity index (χ1v) is 7.77. The topological polar surface area (TPSA) is 26.3 Å². The molecule has 0 N–H and O–H groups in total. The molecule has 100 valence electrons. The maximum absolute atomic E-state index is 12.8. The number of hydrogen-bond acceptors (Lipinski definition) is 2. The molecule has 2 fully saturated rings. The van der Waals surface area contributed by atoms with Gasteiger partial charge in [-0.2, -0.15) is 0 Å². The Morgan fingerprint density at radius 1 is 1.39 bits per heavy atom. The minimum Gasteiger partial charge on any atom is -0.358 e. The smallest absolute Gasteiger partial charge is 0.158 e. The third kappa shape index (κ3) is 1.21. The summed E-state index contributed by atoms with van der Waals surface area (Å²) in [5.41, 5.74) is -1.19. The highest BCUT2D eigenvalue weighted by Crippen LogP contribution is 2.64. The molecule has 1 saturated carbocycles. The van der Waals surface area contributed by atoms with Crippen LogP contribution in [-0.2, 0) is 9.53 Å². The standard InChI is InChI=1S/C15H21BrO2/c1-9(2)10-5-6-13(3)12(17)11(16)14(4)7-8-15(10,13)18-14/h7-11H,5-6H2,1-4H3/t10-,11+,13-,14+,15+/m1/s1. The van der Waals surface area contributed by atoms with Crippen molar-refractivity contribution in [1.82, 2.24) is 0 Å². The van der Waals surface area contributed by atoms with Crippen molar-refractivity contribution < 1.29 is 9.53 Å². The van der Waals surface area contributed by atoms with Crippen LogP contribution in [0.25, 0.3) is 0 Å². The summed E-state index contributed by atoms with van der Waals surface area (Å²) in [6, 6.07) is 0. The summed E-state index contributed by atoms with van der Waals surface area (Å²) in [4.78, 5) is 12.6. The van der Waals surface area contributed by atoms with Crippen molar-refractivity contribution in [3.63, 3.8) is 0 Å². The summed E-state index contributed by atoms with van der Waals surface area (Å²) in [5.74, 6) is 1.31. The number of fused-ring (bicyclic) bond motifs is 1. The Kier molecular flexibility index (Phi) is 2.49. The molecule has 1 aliphatic carbocycles. The van der Waals surface area contributed by atoms with E-state index < -0.39 is 5.60 Å². The molecule has 0 aromatic heterocycles. The zero-order valence-electron chi connectivity index (χ0n) is 11.5. The third-order valence-corrected chi connectivity index (χ3v) is 6.83. The van der Waals surface area contributed by atoms with E-state index in [1.54, 1.807) is 0 Å². The first-order valence-electron chi connectivity index (χ1n) is 6.86. The number of ketones is 1. The Labute approximate surface area is 117 Å². The van der Waals surface area contributed by atoms with Crippen LogP contribution in [0, 0.1) is 17.3 Å². The molecule has 3 rings (SSSR count). The van der Waals surface area contributed by atoms with Crippen LogP contribution in [0.5, 0.6) is 0 Å². The van der Waals surface area contributed by atoms with Gasteiger partial charge in [-0.1, -0.05) is 41.9 Å². The maximum atomic E-state index is 12.8. The lowest BCUT2D eigenvalue weighted by Crippen LogP contribution is -2.63. The van der Waals surface area contributed by atoms with Gasteiger partial charge in [0, 0.05) is 0 Å². The molecule has 3 heteroatoms. The van der Waals surface area contributed by atoms with Gasteiger partial charge in [0.2, 0.25) is 0 Å². The fourth-order valence-corrected chi connectivity index (χ4v) is 5.05. The van der Waals surface area contributed by atoms with Crippen LogP contribution in [0.2, 0.25) is 0 Å². The summed E-state index contributed by atoms with van der Waals surface area (Å²) < 4.78 is 6.48. The molecule has 2 aliphatic heterocycles. The zero-order chi connectivity index (χ0) is 13.3. The van der Waals surface area contributed by atoms with Gasteiger partial charge < -0.3 is 4.74 Å². The van der Waals surface area contributed by atoms with Crippen LogP contribution in [0.1, 0.15) is 40.5 Å². The van der Waals surface area contributed by atoms with Gasteiger partial charge in [-0.25, -0.2) is 0 Å². The third-order valence-electron chi connectivity index (χ3n) is 5.50. The Bertz CT molecular complexity index is 444. The van der Waals surface area contributed by atoms with Gasteiger partial charge in [0.15, 0.2) is 5.78 Å². The largest absolute Gasteiger partial charge is 0.358 e. The molecule has 0 unspecified atom stereocenters. The molecule has 2 nitrogen and oxygen atoms in total. The highest BCUT2D eigenvalue weighted by Gasteiger charge is 2.71. The second kappa shape index (κ2) is 3.49. The second-order valence-corrected chi connectivity index (χ2v) is 7.78. The van der Waals surface area contributed by atoms with E-state index >= 15 is 0 Å². The van der Waals surface area contributed by atoms with Crippen molar-refractivity contribution in [2.75, 3.05) is 0 Å². The van der Waals surface area contributed by atoms with E-state index in [4.69, 9.17) is 4.74 Å². The molecule has 0 aromatic rings. The molecular weight excluding hydrogens is 292 g/mol. The van der Waals surface area contributed by atoms with Crippen molar-refractivity contribution in [2.24, 2.45) is 17.3 Å². The number of carbonyl (C=O) groups excluding carboxylic acids is 1. The van der Waals surface area contributed by atoms with Crippen LogP contribution in [0.15, 0.2) is 12.2 Å². The SMILES string of the molecule is CC(C)[C@H]1CC[C@]2(C)C(=O)[C@H](Br)[C@]3(C)C=C[C@]12O3. The molecule has 2 bridgehead atoms. The van der Waals surface area contributed by atoms with E-state index in [0.29, 0.717) is 17.6 Å². The number of Topliss-reactive ketones (excluding diaryl/α,β-unsaturated/α-hetero) is 1. The molecule has 5 atom stereocenters. The zero-order valence-corrected chi connectivity index (χ0v) is 13.1. The molecule has 1 saturated heterocycles. The van der Waals surface area contributed by atoms with E-state index in [1.165, 1.54) is 0 Å². The van der Waals surface area contributed by atoms with Crippen molar-refractivity contribution in [3.05, 3.63) is 12.2 Å². The number of alkyl halides is 1.